The molecule has 4 heteroatoms. The third-order valence-corrected chi connectivity index (χ3v) is 3.45. The molecule has 4 nitrogen and oxygen atoms in total. The normalized spacial score (nSPS) is 18.3. The molecule has 0 radical (unpaired) electrons. The molecule has 1 atom stereocenters. The lowest BCUT2D eigenvalue weighted by atomic mass is 9.99. The number of para-hydroxylation sites is 1. The van der Waals surface area contributed by atoms with Gasteiger partial charge in [0.05, 0.1) is 5.92 Å². The molecule has 2 rings (SSSR count). The second kappa shape index (κ2) is 7.70. The molecule has 1 heterocycles. The fraction of sp³-hybridized carbons (Fsp3) is 0.438. The van der Waals surface area contributed by atoms with Crippen LogP contribution >= 0.6 is 0 Å². The van der Waals surface area contributed by atoms with E-state index in [0.717, 1.165) is 37.2 Å². The molecule has 1 fully saturated rings. The molecule has 1 aromatic carbocycles. The number of carbonyl (C=O) groups excluding carboxylic acids is 1. The Kier molecular flexibility index (Phi) is 5.62. The van der Waals surface area contributed by atoms with Crippen molar-refractivity contribution >= 4 is 5.91 Å². The van der Waals surface area contributed by atoms with E-state index in [1.807, 2.05) is 24.3 Å². The van der Waals surface area contributed by atoms with E-state index in [2.05, 4.69) is 17.2 Å². The minimum absolute atomic E-state index is 0.0880. The predicted molar refractivity (Wildman–Crippen MR) is 79.6 cm³/mol. The highest BCUT2D eigenvalue weighted by Crippen LogP contribution is 2.18. The molecule has 108 valence electrons. The Hall–Kier alpha value is -1.81. The zero-order chi connectivity index (χ0) is 14.2. The van der Waals surface area contributed by atoms with Crippen LogP contribution in [0.4, 0.5) is 0 Å². The molecule has 1 saturated heterocycles. The molecule has 0 aliphatic carbocycles. The van der Waals surface area contributed by atoms with Crippen molar-refractivity contribution in [2.75, 3.05) is 19.7 Å². The lowest BCUT2D eigenvalue weighted by Gasteiger charge is -2.22. The number of amides is 1. The van der Waals surface area contributed by atoms with Gasteiger partial charge in [-0.1, -0.05) is 30.9 Å². The Bertz CT molecular complexity index is 454. The van der Waals surface area contributed by atoms with Crippen LogP contribution in [0.5, 0.6) is 5.75 Å². The summed E-state index contributed by atoms with van der Waals surface area (Å²) in [6.07, 6.45) is 3.74. The molecule has 1 amide bonds. The molecule has 1 unspecified atom stereocenters. The van der Waals surface area contributed by atoms with E-state index in [4.69, 9.17) is 4.74 Å². The molecular formula is C16H22N2O2. The first-order valence-corrected chi connectivity index (χ1v) is 7.11. The maximum absolute atomic E-state index is 12.1. The van der Waals surface area contributed by atoms with Gasteiger partial charge in [-0.15, -0.1) is 0 Å². The van der Waals surface area contributed by atoms with Crippen LogP contribution in [-0.2, 0) is 11.3 Å². The van der Waals surface area contributed by atoms with E-state index in [1.54, 1.807) is 6.08 Å². The molecular weight excluding hydrogens is 252 g/mol. The molecule has 0 saturated carbocycles. The van der Waals surface area contributed by atoms with E-state index < -0.39 is 0 Å². The maximum Gasteiger partial charge on any atom is 0.224 e. The fourth-order valence-electron chi connectivity index (χ4n) is 2.34. The lowest BCUT2D eigenvalue weighted by molar-refractivity contribution is -0.125. The third-order valence-electron chi connectivity index (χ3n) is 3.45. The standard InChI is InChI=1S/C16H22N2O2/c1-2-10-20-15-8-4-3-6-13(15)12-18-16(19)14-7-5-9-17-11-14/h2-4,6,8,14,17H,1,5,7,9-12H2,(H,18,19). The molecule has 2 N–H and O–H groups in total. The number of benzene rings is 1. The first-order valence-electron chi connectivity index (χ1n) is 7.11. The van der Waals surface area contributed by atoms with Gasteiger partial charge in [0.1, 0.15) is 12.4 Å². The largest absolute Gasteiger partial charge is 0.489 e. The van der Waals surface area contributed by atoms with E-state index in [1.165, 1.54) is 0 Å². The highest BCUT2D eigenvalue weighted by Gasteiger charge is 2.20. The van der Waals surface area contributed by atoms with Crippen LogP contribution in [0, 0.1) is 5.92 Å². The van der Waals surface area contributed by atoms with Gasteiger partial charge in [-0.3, -0.25) is 4.79 Å². The van der Waals surface area contributed by atoms with Gasteiger partial charge in [-0.25, -0.2) is 0 Å². The van der Waals surface area contributed by atoms with Crippen molar-refractivity contribution in [3.8, 4) is 5.75 Å². The maximum atomic E-state index is 12.1. The smallest absolute Gasteiger partial charge is 0.224 e. The summed E-state index contributed by atoms with van der Waals surface area (Å²) >= 11 is 0. The fourth-order valence-corrected chi connectivity index (χ4v) is 2.34. The van der Waals surface area contributed by atoms with Crippen molar-refractivity contribution in [2.24, 2.45) is 5.92 Å². The summed E-state index contributed by atoms with van der Waals surface area (Å²) in [6, 6.07) is 7.75. The van der Waals surface area contributed by atoms with Gasteiger partial charge in [-0.05, 0) is 25.5 Å². The SMILES string of the molecule is C=CCOc1ccccc1CNC(=O)C1CCCNC1. The molecule has 0 bridgehead atoms. The van der Waals surface area contributed by atoms with Crippen LogP contribution in [0.25, 0.3) is 0 Å². The van der Waals surface area contributed by atoms with Crippen LogP contribution in [0.1, 0.15) is 18.4 Å². The summed E-state index contributed by atoms with van der Waals surface area (Å²) in [5, 5.41) is 6.26. The summed E-state index contributed by atoms with van der Waals surface area (Å²) in [7, 11) is 0. The lowest BCUT2D eigenvalue weighted by Crippen LogP contribution is -2.40. The summed E-state index contributed by atoms with van der Waals surface area (Å²) in [5.41, 5.74) is 0.992. The zero-order valence-corrected chi connectivity index (χ0v) is 11.7. The van der Waals surface area contributed by atoms with Gasteiger partial charge in [0, 0.05) is 18.7 Å². The minimum atomic E-state index is 0.0880. The van der Waals surface area contributed by atoms with Crippen LogP contribution in [0.2, 0.25) is 0 Å². The van der Waals surface area contributed by atoms with Gasteiger partial charge >= 0.3 is 0 Å². The third kappa shape index (κ3) is 4.10. The highest BCUT2D eigenvalue weighted by molar-refractivity contribution is 5.79. The van der Waals surface area contributed by atoms with Crippen molar-refractivity contribution in [3.63, 3.8) is 0 Å². The Labute approximate surface area is 120 Å². The quantitative estimate of drug-likeness (QED) is 0.779. The Morgan fingerprint density at radius 1 is 1.50 bits per heavy atom. The predicted octanol–water partition coefficient (Wildman–Crippen LogP) is 1.87. The molecule has 0 aromatic heterocycles. The molecule has 0 spiro atoms. The molecule has 20 heavy (non-hydrogen) atoms. The van der Waals surface area contributed by atoms with Crippen LogP contribution < -0.4 is 15.4 Å². The Balaban J connectivity index is 1.89. The summed E-state index contributed by atoms with van der Waals surface area (Å²) in [6.45, 7) is 6.41. The average Bonchev–Trinajstić information content (AvgIpc) is 2.52. The number of piperidine rings is 1. The number of ether oxygens (including phenoxy) is 1. The number of hydrogen-bond acceptors (Lipinski definition) is 3. The second-order valence-electron chi connectivity index (χ2n) is 4.97. The van der Waals surface area contributed by atoms with Crippen molar-refractivity contribution in [1.29, 1.82) is 0 Å². The first-order chi connectivity index (χ1) is 9.81. The monoisotopic (exact) mass is 274 g/mol. The van der Waals surface area contributed by atoms with Gasteiger partial charge in [-0.2, -0.15) is 0 Å². The zero-order valence-electron chi connectivity index (χ0n) is 11.7. The Morgan fingerprint density at radius 3 is 3.10 bits per heavy atom. The first kappa shape index (κ1) is 14.6. The number of carbonyl (C=O) groups is 1. The van der Waals surface area contributed by atoms with Crippen LogP contribution in [0.15, 0.2) is 36.9 Å². The molecule has 1 aliphatic heterocycles. The van der Waals surface area contributed by atoms with Gasteiger partial charge in [0.15, 0.2) is 0 Å². The minimum Gasteiger partial charge on any atom is -0.489 e. The molecule has 1 aliphatic rings. The van der Waals surface area contributed by atoms with E-state index >= 15 is 0 Å². The van der Waals surface area contributed by atoms with Crippen molar-refractivity contribution in [3.05, 3.63) is 42.5 Å². The van der Waals surface area contributed by atoms with E-state index in [-0.39, 0.29) is 11.8 Å². The summed E-state index contributed by atoms with van der Waals surface area (Å²) in [4.78, 5) is 12.1. The van der Waals surface area contributed by atoms with Crippen molar-refractivity contribution in [1.82, 2.24) is 10.6 Å². The van der Waals surface area contributed by atoms with Gasteiger partial charge in [0.25, 0.3) is 0 Å². The number of nitrogens with one attached hydrogen (secondary N) is 2. The molecule has 1 aromatic rings. The second-order valence-corrected chi connectivity index (χ2v) is 4.97. The van der Waals surface area contributed by atoms with Crippen LogP contribution in [0.3, 0.4) is 0 Å². The van der Waals surface area contributed by atoms with Crippen molar-refractivity contribution < 1.29 is 9.53 Å². The van der Waals surface area contributed by atoms with Crippen LogP contribution in [-0.4, -0.2) is 25.6 Å². The highest BCUT2D eigenvalue weighted by atomic mass is 16.5. The number of hydrogen-bond donors (Lipinski definition) is 2. The summed E-state index contributed by atoms with van der Waals surface area (Å²) < 4.78 is 5.58. The van der Waals surface area contributed by atoms with E-state index in [9.17, 15) is 4.79 Å². The van der Waals surface area contributed by atoms with Gasteiger partial charge < -0.3 is 15.4 Å². The Morgan fingerprint density at radius 2 is 2.35 bits per heavy atom. The van der Waals surface area contributed by atoms with Gasteiger partial charge in [0.2, 0.25) is 5.91 Å². The average molecular weight is 274 g/mol. The van der Waals surface area contributed by atoms with E-state index in [0.29, 0.717) is 13.2 Å². The number of rotatable bonds is 6. The topological polar surface area (TPSA) is 50.4 Å². The van der Waals surface area contributed by atoms with Crippen molar-refractivity contribution in [2.45, 2.75) is 19.4 Å². The summed E-state index contributed by atoms with van der Waals surface area (Å²) in [5.74, 6) is 1.01.